The molecule has 130 valence electrons. The predicted molar refractivity (Wildman–Crippen MR) is 92.3 cm³/mol. The van der Waals surface area contributed by atoms with Crippen LogP contribution in [0.3, 0.4) is 0 Å². The van der Waals surface area contributed by atoms with Crippen molar-refractivity contribution in [2.45, 2.75) is 12.1 Å². The molecule has 3 aromatic heterocycles. The summed E-state index contributed by atoms with van der Waals surface area (Å²) in [5.74, 6) is 1.56. The van der Waals surface area contributed by atoms with Gasteiger partial charge in [-0.3, -0.25) is 9.59 Å². The molecule has 1 N–H and O–H groups in total. The monoisotopic (exact) mass is 360 g/mol. The van der Waals surface area contributed by atoms with Gasteiger partial charge in [-0.25, -0.2) is 0 Å². The summed E-state index contributed by atoms with van der Waals surface area (Å²) >= 11 is 1.25. The highest BCUT2D eigenvalue weighted by molar-refractivity contribution is 7.99. The zero-order valence-corrected chi connectivity index (χ0v) is 14.7. The number of aryl methyl sites for hydroxylation is 2. The van der Waals surface area contributed by atoms with Gasteiger partial charge in [0.05, 0.1) is 5.75 Å². The molecular weight excluding hydrogens is 344 g/mol. The van der Waals surface area contributed by atoms with E-state index in [1.165, 1.54) is 22.4 Å². The third kappa shape index (κ3) is 3.79. The Morgan fingerprint density at radius 1 is 1.32 bits per heavy atom. The number of amides is 1. The average Bonchev–Trinajstić information content (AvgIpc) is 3.14. The van der Waals surface area contributed by atoms with Crippen LogP contribution in [0.25, 0.3) is 11.4 Å². The molecule has 3 rings (SSSR count). The topological polar surface area (TPSA) is 108 Å². The Balaban J connectivity index is 1.67. The smallest absolute Gasteiger partial charge is 0.250 e. The fourth-order valence-corrected chi connectivity index (χ4v) is 2.86. The Morgan fingerprint density at radius 2 is 2.12 bits per heavy atom. The fourth-order valence-electron chi connectivity index (χ4n) is 2.15. The molecule has 0 bridgehead atoms. The highest BCUT2D eigenvalue weighted by Gasteiger charge is 2.14. The molecule has 0 radical (unpaired) electrons. The first kappa shape index (κ1) is 17.0. The maximum atomic E-state index is 12.0. The molecule has 0 aliphatic carbocycles. The van der Waals surface area contributed by atoms with Gasteiger partial charge in [0.25, 0.3) is 0 Å². The zero-order valence-electron chi connectivity index (χ0n) is 13.9. The van der Waals surface area contributed by atoms with Gasteiger partial charge < -0.3 is 19.0 Å². The van der Waals surface area contributed by atoms with Crippen molar-refractivity contribution >= 4 is 23.5 Å². The number of aromatic nitrogens is 5. The molecule has 0 aliphatic rings. The van der Waals surface area contributed by atoms with E-state index in [9.17, 15) is 9.59 Å². The normalized spacial score (nSPS) is 10.8. The molecule has 25 heavy (non-hydrogen) atoms. The molecule has 0 saturated heterocycles. The average molecular weight is 360 g/mol. The summed E-state index contributed by atoms with van der Waals surface area (Å²) in [6.45, 7) is 1.75. The van der Waals surface area contributed by atoms with Gasteiger partial charge in [0.1, 0.15) is 5.76 Å². The van der Waals surface area contributed by atoms with E-state index < -0.39 is 0 Å². The SMILES string of the molecule is Cc1cc(NC(=O)CSc2nnc(-c3ccc(=O)n(C)c3)n2C)no1. The van der Waals surface area contributed by atoms with Crippen molar-refractivity contribution in [3.05, 3.63) is 40.5 Å². The molecule has 1 amide bonds. The van der Waals surface area contributed by atoms with Crippen molar-refractivity contribution in [3.63, 3.8) is 0 Å². The lowest BCUT2D eigenvalue weighted by Crippen LogP contribution is -2.15. The number of nitrogens with zero attached hydrogens (tertiary/aromatic N) is 5. The van der Waals surface area contributed by atoms with Gasteiger partial charge in [-0.05, 0) is 13.0 Å². The molecule has 0 unspecified atom stereocenters. The largest absolute Gasteiger partial charge is 0.360 e. The Morgan fingerprint density at radius 3 is 2.80 bits per heavy atom. The second-order valence-corrected chi connectivity index (χ2v) is 6.33. The van der Waals surface area contributed by atoms with Crippen LogP contribution in [0.2, 0.25) is 0 Å². The van der Waals surface area contributed by atoms with E-state index in [0.717, 1.165) is 5.56 Å². The van der Waals surface area contributed by atoms with Gasteiger partial charge in [0.2, 0.25) is 11.5 Å². The number of thioether (sulfide) groups is 1. The lowest BCUT2D eigenvalue weighted by atomic mass is 10.2. The quantitative estimate of drug-likeness (QED) is 0.681. The van der Waals surface area contributed by atoms with Crippen molar-refractivity contribution in [1.82, 2.24) is 24.5 Å². The minimum absolute atomic E-state index is 0.0970. The van der Waals surface area contributed by atoms with Gasteiger partial charge in [-0.1, -0.05) is 16.9 Å². The number of hydrogen-bond acceptors (Lipinski definition) is 7. The number of rotatable bonds is 5. The summed E-state index contributed by atoms with van der Waals surface area (Å²) in [6.07, 6.45) is 1.69. The maximum absolute atomic E-state index is 12.0. The molecular formula is C15H16N6O3S. The van der Waals surface area contributed by atoms with E-state index >= 15 is 0 Å². The molecule has 3 aromatic rings. The number of nitrogens with one attached hydrogen (secondary N) is 1. The number of anilines is 1. The molecule has 10 heteroatoms. The molecule has 0 atom stereocenters. The number of hydrogen-bond donors (Lipinski definition) is 1. The van der Waals surface area contributed by atoms with Gasteiger partial charge >= 0.3 is 0 Å². The van der Waals surface area contributed by atoms with Crippen molar-refractivity contribution in [2.75, 3.05) is 11.1 Å². The molecule has 0 saturated carbocycles. The van der Waals surface area contributed by atoms with E-state index in [0.29, 0.717) is 22.6 Å². The first-order valence-electron chi connectivity index (χ1n) is 7.36. The summed E-state index contributed by atoms with van der Waals surface area (Å²) in [5, 5.41) is 15.2. The Bertz CT molecular complexity index is 974. The van der Waals surface area contributed by atoms with Crippen molar-refractivity contribution in [3.8, 4) is 11.4 Å². The maximum Gasteiger partial charge on any atom is 0.250 e. The van der Waals surface area contributed by atoms with Gasteiger partial charge in [0, 0.05) is 38.0 Å². The summed E-state index contributed by atoms with van der Waals surface area (Å²) in [4.78, 5) is 23.4. The summed E-state index contributed by atoms with van der Waals surface area (Å²) in [6, 6.07) is 4.81. The zero-order chi connectivity index (χ0) is 18.0. The van der Waals surface area contributed by atoms with Crippen LogP contribution in [-0.4, -0.2) is 36.1 Å². The third-order valence-corrected chi connectivity index (χ3v) is 4.43. The van der Waals surface area contributed by atoms with E-state index in [1.807, 2.05) is 7.05 Å². The van der Waals surface area contributed by atoms with Crippen LogP contribution in [0.5, 0.6) is 0 Å². The standard InChI is InChI=1S/C15H16N6O3S/c1-9-6-11(19-24-9)16-12(22)8-25-15-18-17-14(21(15)3)10-4-5-13(23)20(2)7-10/h4-7H,8H2,1-3H3,(H,16,19,22). The number of pyridine rings is 1. The molecule has 0 fully saturated rings. The van der Waals surface area contributed by atoms with Gasteiger partial charge in [-0.15, -0.1) is 10.2 Å². The van der Waals surface area contributed by atoms with Crippen LogP contribution in [0.4, 0.5) is 5.82 Å². The van der Waals surface area contributed by atoms with Crippen LogP contribution in [0, 0.1) is 6.92 Å². The fraction of sp³-hybridized carbons (Fsp3) is 0.267. The second kappa shape index (κ2) is 6.93. The second-order valence-electron chi connectivity index (χ2n) is 5.39. The number of carbonyl (C=O) groups is 1. The van der Waals surface area contributed by atoms with E-state index in [-0.39, 0.29) is 17.2 Å². The van der Waals surface area contributed by atoms with Crippen LogP contribution >= 0.6 is 11.8 Å². The minimum atomic E-state index is -0.218. The third-order valence-electron chi connectivity index (χ3n) is 3.41. The predicted octanol–water partition coefficient (Wildman–Crippen LogP) is 1.21. The van der Waals surface area contributed by atoms with E-state index in [1.54, 1.807) is 36.9 Å². The highest BCUT2D eigenvalue weighted by atomic mass is 32.2. The van der Waals surface area contributed by atoms with Gasteiger partial charge in [-0.2, -0.15) is 0 Å². The Labute approximate surface area is 147 Å². The number of carbonyl (C=O) groups excluding carboxylic acids is 1. The summed E-state index contributed by atoms with van der Waals surface area (Å²) in [7, 11) is 3.48. The van der Waals surface area contributed by atoms with Crippen molar-refractivity contribution in [1.29, 1.82) is 0 Å². The summed E-state index contributed by atoms with van der Waals surface area (Å²) in [5.41, 5.74) is 0.673. The highest BCUT2D eigenvalue weighted by Crippen LogP contribution is 2.22. The Hall–Kier alpha value is -2.88. The van der Waals surface area contributed by atoms with Crippen LogP contribution in [0.1, 0.15) is 5.76 Å². The van der Waals surface area contributed by atoms with Crippen LogP contribution in [-0.2, 0) is 18.9 Å². The van der Waals surface area contributed by atoms with Crippen molar-refractivity contribution < 1.29 is 9.32 Å². The van der Waals surface area contributed by atoms with Crippen LogP contribution < -0.4 is 10.9 Å². The molecule has 0 spiro atoms. The lowest BCUT2D eigenvalue weighted by Gasteiger charge is -2.05. The molecule has 3 heterocycles. The first-order chi connectivity index (χ1) is 11.9. The minimum Gasteiger partial charge on any atom is -0.360 e. The molecule has 9 nitrogen and oxygen atoms in total. The van der Waals surface area contributed by atoms with Crippen molar-refractivity contribution in [2.24, 2.45) is 14.1 Å². The first-order valence-corrected chi connectivity index (χ1v) is 8.35. The Kier molecular flexibility index (Phi) is 4.70. The lowest BCUT2D eigenvalue weighted by molar-refractivity contribution is -0.113. The summed E-state index contributed by atoms with van der Waals surface area (Å²) < 4.78 is 8.15. The van der Waals surface area contributed by atoms with E-state index in [4.69, 9.17) is 4.52 Å². The van der Waals surface area contributed by atoms with E-state index in [2.05, 4.69) is 20.7 Å². The van der Waals surface area contributed by atoms with Crippen LogP contribution in [0.15, 0.2) is 38.9 Å². The molecule has 0 aliphatic heterocycles. The van der Waals surface area contributed by atoms with Gasteiger partial charge in [0.15, 0.2) is 16.8 Å². The molecule has 0 aromatic carbocycles.